The molecule has 11 heteroatoms. The minimum atomic E-state index is -5.98. The molecule has 1 fully saturated rings. The minimum Gasteiger partial charge on any atom is -0.394 e. The molecule has 3 rings (SSSR count). The predicted octanol–water partition coefficient (Wildman–Crippen LogP) is 5.06. The topological polar surface area (TPSA) is 93.7 Å². The van der Waals surface area contributed by atoms with Gasteiger partial charge in [0.15, 0.2) is 0 Å². The van der Waals surface area contributed by atoms with Crippen LogP contribution < -0.4 is 0 Å². The van der Waals surface area contributed by atoms with Gasteiger partial charge in [0.1, 0.15) is 0 Å². The average molecular weight is 519 g/mol. The van der Waals surface area contributed by atoms with Gasteiger partial charge < -0.3 is 20.1 Å². The van der Waals surface area contributed by atoms with E-state index in [0.717, 1.165) is 12.1 Å². The Kier molecular flexibility index (Phi) is 9.53. The molecular formula is C25H27F6NO4. The van der Waals surface area contributed by atoms with Crippen molar-refractivity contribution in [1.29, 1.82) is 5.26 Å². The Balaban J connectivity index is 0.00000222. The third kappa shape index (κ3) is 6.18. The Morgan fingerprint density at radius 2 is 1.56 bits per heavy atom. The van der Waals surface area contributed by atoms with Gasteiger partial charge in [-0.3, -0.25) is 0 Å². The van der Waals surface area contributed by atoms with Gasteiger partial charge in [-0.1, -0.05) is 50.2 Å². The van der Waals surface area contributed by atoms with E-state index in [0.29, 0.717) is 28.8 Å². The molecule has 0 aliphatic carbocycles. The molecule has 1 aliphatic rings. The van der Waals surface area contributed by atoms with E-state index in [9.17, 15) is 46.9 Å². The van der Waals surface area contributed by atoms with E-state index in [2.05, 4.69) is 0 Å². The van der Waals surface area contributed by atoms with Crippen LogP contribution in [0.4, 0.5) is 26.3 Å². The second kappa shape index (κ2) is 11.6. The van der Waals surface area contributed by atoms with Gasteiger partial charge in [-0.05, 0) is 29.2 Å². The third-order valence-corrected chi connectivity index (χ3v) is 5.79. The van der Waals surface area contributed by atoms with Crippen molar-refractivity contribution >= 4 is 0 Å². The average Bonchev–Trinajstić information content (AvgIpc) is 2.83. The van der Waals surface area contributed by atoms with E-state index in [1.165, 1.54) is 6.07 Å². The van der Waals surface area contributed by atoms with E-state index in [-0.39, 0.29) is 31.4 Å². The van der Waals surface area contributed by atoms with Gasteiger partial charge in [0.25, 0.3) is 5.60 Å². The number of rotatable bonds is 5. The molecule has 3 atom stereocenters. The zero-order valence-electron chi connectivity index (χ0n) is 19.6. The van der Waals surface area contributed by atoms with Crippen LogP contribution in [0.2, 0.25) is 0 Å². The minimum absolute atomic E-state index is 0.00613. The van der Waals surface area contributed by atoms with Crippen molar-refractivity contribution in [3.63, 3.8) is 0 Å². The number of nitrogens with zero attached hydrogens (tertiary/aromatic N) is 1. The molecule has 1 heterocycles. The molecule has 1 aliphatic heterocycles. The summed E-state index contributed by atoms with van der Waals surface area (Å²) in [5, 5.41) is 38.3. The first kappa shape index (κ1) is 29.6. The highest BCUT2D eigenvalue weighted by Crippen LogP contribution is 2.50. The Hall–Kier alpha value is -2.65. The molecule has 36 heavy (non-hydrogen) atoms. The molecule has 0 amide bonds. The molecule has 0 radical (unpaired) electrons. The van der Waals surface area contributed by atoms with Gasteiger partial charge in [-0.2, -0.15) is 31.6 Å². The fourth-order valence-electron chi connectivity index (χ4n) is 3.96. The lowest BCUT2D eigenvalue weighted by molar-refractivity contribution is -0.376. The number of hydrogen-bond acceptors (Lipinski definition) is 5. The smallest absolute Gasteiger partial charge is 0.394 e. The Morgan fingerprint density at radius 3 is 2.06 bits per heavy atom. The summed E-state index contributed by atoms with van der Waals surface area (Å²) in [6, 6.07) is 9.87. The molecule has 3 N–H and O–H groups in total. The van der Waals surface area contributed by atoms with Crippen molar-refractivity contribution in [2.24, 2.45) is 0 Å². The zero-order valence-corrected chi connectivity index (χ0v) is 19.6. The van der Waals surface area contributed by atoms with Gasteiger partial charge in [-0.15, -0.1) is 0 Å². The monoisotopic (exact) mass is 519 g/mol. The molecule has 0 spiro atoms. The molecule has 2 aromatic rings. The molecular weight excluding hydrogens is 492 g/mol. The van der Waals surface area contributed by atoms with Crippen LogP contribution in [0, 0.1) is 11.3 Å². The SMILES string of the molecule is CC.N#Cc1ccc([C@H]2C[C@@H](O)C[C@@H](CO)O2)cc1Cc1ccc(C(O)(C(F)(F)F)C(F)(F)F)cc1. The van der Waals surface area contributed by atoms with Crippen LogP contribution in [0.5, 0.6) is 0 Å². The number of aliphatic hydroxyl groups excluding tert-OH is 2. The van der Waals surface area contributed by atoms with Gasteiger partial charge in [0.05, 0.1) is 36.6 Å². The summed E-state index contributed by atoms with van der Waals surface area (Å²) >= 11 is 0. The van der Waals surface area contributed by atoms with Gasteiger partial charge in [-0.25, -0.2) is 0 Å². The van der Waals surface area contributed by atoms with Gasteiger partial charge in [0.2, 0.25) is 0 Å². The van der Waals surface area contributed by atoms with E-state index >= 15 is 0 Å². The number of benzene rings is 2. The maximum Gasteiger partial charge on any atom is 0.430 e. The number of hydrogen-bond donors (Lipinski definition) is 3. The number of aliphatic hydroxyl groups is 3. The Morgan fingerprint density at radius 1 is 0.972 bits per heavy atom. The van der Waals surface area contributed by atoms with E-state index < -0.39 is 41.8 Å². The van der Waals surface area contributed by atoms with E-state index in [4.69, 9.17) is 4.74 Å². The van der Waals surface area contributed by atoms with Crippen molar-refractivity contribution in [2.75, 3.05) is 6.61 Å². The highest BCUT2D eigenvalue weighted by Gasteiger charge is 2.71. The van der Waals surface area contributed by atoms with Crippen LogP contribution in [0.25, 0.3) is 0 Å². The lowest BCUT2D eigenvalue weighted by Gasteiger charge is -2.33. The third-order valence-electron chi connectivity index (χ3n) is 5.79. The summed E-state index contributed by atoms with van der Waals surface area (Å²) in [4.78, 5) is 0. The van der Waals surface area contributed by atoms with E-state index in [1.54, 1.807) is 12.1 Å². The first-order valence-corrected chi connectivity index (χ1v) is 11.2. The summed E-state index contributed by atoms with van der Waals surface area (Å²) in [6.07, 6.45) is -13.3. The molecule has 2 aromatic carbocycles. The lowest BCUT2D eigenvalue weighted by atomic mass is 9.89. The second-order valence-electron chi connectivity index (χ2n) is 8.16. The molecule has 5 nitrogen and oxygen atoms in total. The van der Waals surface area contributed by atoms with Crippen molar-refractivity contribution in [3.05, 3.63) is 70.3 Å². The van der Waals surface area contributed by atoms with Crippen molar-refractivity contribution < 1.29 is 46.4 Å². The quantitative estimate of drug-likeness (QED) is 0.480. The lowest BCUT2D eigenvalue weighted by Crippen LogP contribution is -2.53. The van der Waals surface area contributed by atoms with Crippen LogP contribution in [0.3, 0.4) is 0 Å². The maximum absolute atomic E-state index is 13.1. The molecule has 0 bridgehead atoms. The summed E-state index contributed by atoms with van der Waals surface area (Å²) in [6.45, 7) is 3.71. The van der Waals surface area contributed by atoms with Crippen LogP contribution in [-0.4, -0.2) is 46.5 Å². The fourth-order valence-corrected chi connectivity index (χ4v) is 3.96. The first-order chi connectivity index (χ1) is 16.8. The molecule has 0 aromatic heterocycles. The predicted molar refractivity (Wildman–Crippen MR) is 118 cm³/mol. The fraction of sp³-hybridized carbons (Fsp3) is 0.480. The normalized spacial score (nSPS) is 20.8. The first-order valence-electron chi connectivity index (χ1n) is 11.2. The maximum atomic E-state index is 13.1. The summed E-state index contributed by atoms with van der Waals surface area (Å²) in [5.41, 5.74) is -4.79. The molecule has 198 valence electrons. The standard InChI is InChI=1S/C23H21F6NO4.C2H6/c24-22(25,26)21(33,23(27,28)29)17-5-1-13(2-6-17)7-16-8-14(3-4-15(16)11-30)20-10-18(32)9-19(12-31)34-20;1-2/h1-6,8,18-20,31-33H,7,9-10,12H2;1-2H3/t18-,19-,20+;/m0./s1. The Bertz CT molecular complexity index is 1030. The number of nitriles is 1. The second-order valence-corrected chi connectivity index (χ2v) is 8.16. The van der Waals surface area contributed by atoms with Crippen molar-refractivity contribution in [3.8, 4) is 6.07 Å². The van der Waals surface area contributed by atoms with Crippen molar-refractivity contribution in [1.82, 2.24) is 0 Å². The highest BCUT2D eigenvalue weighted by atomic mass is 19.4. The van der Waals surface area contributed by atoms with E-state index in [1.807, 2.05) is 19.9 Å². The molecule has 1 saturated heterocycles. The number of halogens is 6. The summed E-state index contributed by atoms with van der Waals surface area (Å²) in [7, 11) is 0. The van der Waals surface area contributed by atoms with Crippen LogP contribution in [0.1, 0.15) is 60.6 Å². The van der Waals surface area contributed by atoms with Crippen LogP contribution >= 0.6 is 0 Å². The van der Waals surface area contributed by atoms with Gasteiger partial charge in [0, 0.05) is 18.4 Å². The van der Waals surface area contributed by atoms with Crippen molar-refractivity contribution in [2.45, 2.75) is 69.4 Å². The summed E-state index contributed by atoms with van der Waals surface area (Å²) in [5.74, 6) is 0. The molecule has 0 saturated carbocycles. The highest BCUT2D eigenvalue weighted by molar-refractivity contribution is 5.44. The van der Waals surface area contributed by atoms with Crippen LogP contribution in [-0.2, 0) is 16.8 Å². The van der Waals surface area contributed by atoms with Crippen LogP contribution in [0.15, 0.2) is 42.5 Å². The molecule has 0 unspecified atom stereocenters. The number of ether oxygens (including phenoxy) is 1. The summed E-state index contributed by atoms with van der Waals surface area (Å²) < 4.78 is 84.3. The Labute approximate surface area is 204 Å². The van der Waals surface area contributed by atoms with Gasteiger partial charge >= 0.3 is 12.4 Å². The zero-order chi connectivity index (χ0) is 27.3. The largest absolute Gasteiger partial charge is 0.430 e. The number of alkyl halides is 6.